The van der Waals surface area contributed by atoms with Gasteiger partial charge in [0.15, 0.2) is 5.78 Å². The summed E-state index contributed by atoms with van der Waals surface area (Å²) in [4.78, 5) is 29.0. The topological polar surface area (TPSA) is 78.0 Å². The zero-order chi connectivity index (χ0) is 22.9. The molecule has 2 heterocycles. The number of carbonyl (C=O) groups excluding carboxylic acids is 2. The van der Waals surface area contributed by atoms with Gasteiger partial charge < -0.3 is 9.80 Å². The van der Waals surface area contributed by atoms with Crippen LogP contribution in [0, 0.1) is 6.92 Å². The second kappa shape index (κ2) is 9.03. The van der Waals surface area contributed by atoms with Crippen LogP contribution in [-0.2, 0) is 14.8 Å². The fourth-order valence-electron chi connectivity index (χ4n) is 4.42. The van der Waals surface area contributed by atoms with Gasteiger partial charge >= 0.3 is 0 Å². The number of benzene rings is 2. The largest absolute Gasteiger partial charge is 0.368 e. The van der Waals surface area contributed by atoms with Crippen LogP contribution in [0.25, 0.3) is 0 Å². The lowest BCUT2D eigenvalue weighted by Crippen LogP contribution is -2.54. The molecule has 2 aliphatic heterocycles. The maximum atomic E-state index is 13.3. The molecule has 2 aliphatic rings. The van der Waals surface area contributed by atoms with E-state index in [0.717, 1.165) is 11.3 Å². The van der Waals surface area contributed by atoms with Gasteiger partial charge in [0.05, 0.1) is 4.90 Å². The third kappa shape index (κ3) is 4.42. The minimum Gasteiger partial charge on any atom is -0.368 e. The van der Waals surface area contributed by atoms with Crippen LogP contribution in [0.15, 0.2) is 53.4 Å². The van der Waals surface area contributed by atoms with Gasteiger partial charge in [-0.1, -0.05) is 17.7 Å². The molecular formula is C24H29N3O4S. The average Bonchev–Trinajstić information content (AvgIpc) is 3.30. The summed E-state index contributed by atoms with van der Waals surface area (Å²) in [5.74, 6) is -0.0709. The summed E-state index contributed by atoms with van der Waals surface area (Å²) in [6.07, 6.45) is 1.24. The number of Topliss-reactive ketones (excluding diaryl/α,β-unsaturated/α-hetero) is 1. The van der Waals surface area contributed by atoms with Crippen molar-refractivity contribution in [1.29, 1.82) is 0 Å². The second-order valence-corrected chi connectivity index (χ2v) is 10.4. The summed E-state index contributed by atoms with van der Waals surface area (Å²) in [6.45, 7) is 6.26. The molecular weight excluding hydrogens is 426 g/mol. The molecule has 2 aromatic carbocycles. The molecule has 2 aromatic rings. The van der Waals surface area contributed by atoms with Crippen LogP contribution in [0.4, 0.5) is 5.69 Å². The van der Waals surface area contributed by atoms with E-state index in [2.05, 4.69) is 4.90 Å². The zero-order valence-corrected chi connectivity index (χ0v) is 19.3. The quantitative estimate of drug-likeness (QED) is 0.648. The van der Waals surface area contributed by atoms with Gasteiger partial charge in [0.2, 0.25) is 15.9 Å². The van der Waals surface area contributed by atoms with Crippen molar-refractivity contribution in [2.24, 2.45) is 0 Å². The summed E-state index contributed by atoms with van der Waals surface area (Å²) < 4.78 is 27.7. The molecule has 1 amide bonds. The Morgan fingerprint density at radius 2 is 1.50 bits per heavy atom. The van der Waals surface area contributed by atoms with E-state index >= 15 is 0 Å². The molecule has 7 nitrogen and oxygen atoms in total. The van der Waals surface area contributed by atoms with Gasteiger partial charge in [0.25, 0.3) is 0 Å². The third-order valence-corrected chi connectivity index (χ3v) is 8.27. The van der Waals surface area contributed by atoms with Gasteiger partial charge in [-0.05, 0) is 63.1 Å². The lowest BCUT2D eigenvalue weighted by atomic mass is 10.1. The van der Waals surface area contributed by atoms with Crippen LogP contribution < -0.4 is 4.90 Å². The van der Waals surface area contributed by atoms with E-state index in [0.29, 0.717) is 51.1 Å². The van der Waals surface area contributed by atoms with Crippen molar-refractivity contribution in [3.8, 4) is 0 Å². The summed E-state index contributed by atoms with van der Waals surface area (Å²) >= 11 is 0. The number of ketones is 1. The van der Waals surface area contributed by atoms with Crippen molar-refractivity contribution < 1.29 is 18.0 Å². The van der Waals surface area contributed by atoms with Gasteiger partial charge in [-0.2, -0.15) is 4.31 Å². The highest BCUT2D eigenvalue weighted by Gasteiger charge is 2.41. The number of aryl methyl sites for hydroxylation is 1. The summed E-state index contributed by atoms with van der Waals surface area (Å²) in [5, 5.41) is 0. The van der Waals surface area contributed by atoms with Crippen molar-refractivity contribution in [2.75, 3.05) is 37.6 Å². The zero-order valence-electron chi connectivity index (χ0n) is 18.5. The number of anilines is 1. The van der Waals surface area contributed by atoms with Crippen LogP contribution in [0.1, 0.15) is 35.7 Å². The molecule has 0 N–H and O–H groups in total. The molecule has 2 fully saturated rings. The Morgan fingerprint density at radius 3 is 2.09 bits per heavy atom. The van der Waals surface area contributed by atoms with E-state index in [9.17, 15) is 18.0 Å². The SMILES string of the molecule is CC(=O)c1ccc(N2CCN(C(=O)[C@@H]3CCCN3S(=O)(=O)c3ccc(C)cc3)CC2)cc1. The van der Waals surface area contributed by atoms with Crippen molar-refractivity contribution in [3.05, 3.63) is 59.7 Å². The molecule has 0 spiro atoms. The average molecular weight is 456 g/mol. The molecule has 0 radical (unpaired) electrons. The van der Waals surface area contributed by atoms with Crippen LogP contribution in [0.2, 0.25) is 0 Å². The Balaban J connectivity index is 1.42. The number of hydrogen-bond donors (Lipinski definition) is 0. The van der Waals surface area contributed by atoms with Crippen molar-refractivity contribution in [3.63, 3.8) is 0 Å². The Labute approximate surface area is 189 Å². The van der Waals surface area contributed by atoms with E-state index in [4.69, 9.17) is 0 Å². The summed E-state index contributed by atoms with van der Waals surface area (Å²) in [5.41, 5.74) is 2.69. The normalized spacial score (nSPS) is 19.9. The highest BCUT2D eigenvalue weighted by Crippen LogP contribution is 2.28. The van der Waals surface area contributed by atoms with Gasteiger partial charge in [0, 0.05) is 44.0 Å². The van der Waals surface area contributed by atoms with Crippen LogP contribution >= 0.6 is 0 Å². The molecule has 4 rings (SSSR count). The number of rotatable bonds is 5. The van der Waals surface area contributed by atoms with E-state index in [1.165, 1.54) is 4.31 Å². The smallest absolute Gasteiger partial charge is 0.243 e. The van der Waals surface area contributed by atoms with Crippen molar-refractivity contribution >= 4 is 27.4 Å². The fraction of sp³-hybridized carbons (Fsp3) is 0.417. The predicted octanol–water partition coefficient (Wildman–Crippen LogP) is 2.70. The first-order valence-electron chi connectivity index (χ1n) is 11.0. The molecule has 32 heavy (non-hydrogen) atoms. The molecule has 8 heteroatoms. The Morgan fingerprint density at radius 1 is 0.875 bits per heavy atom. The Bertz CT molecular complexity index is 1090. The second-order valence-electron chi connectivity index (χ2n) is 8.50. The number of carbonyl (C=O) groups is 2. The number of nitrogens with zero attached hydrogens (tertiary/aromatic N) is 3. The Hall–Kier alpha value is -2.71. The van der Waals surface area contributed by atoms with E-state index in [-0.39, 0.29) is 16.6 Å². The molecule has 0 aromatic heterocycles. The van der Waals surface area contributed by atoms with Crippen molar-refractivity contribution in [1.82, 2.24) is 9.21 Å². The lowest BCUT2D eigenvalue weighted by Gasteiger charge is -2.38. The van der Waals surface area contributed by atoms with Crippen LogP contribution in [0.3, 0.4) is 0 Å². The molecule has 0 aliphatic carbocycles. The van der Waals surface area contributed by atoms with Gasteiger partial charge in [-0.25, -0.2) is 8.42 Å². The van der Waals surface area contributed by atoms with E-state index in [1.807, 2.05) is 31.2 Å². The first-order chi connectivity index (χ1) is 15.3. The van der Waals surface area contributed by atoms with Gasteiger partial charge in [-0.15, -0.1) is 0 Å². The summed E-state index contributed by atoms with van der Waals surface area (Å²) in [6, 6.07) is 13.7. The number of sulfonamides is 1. The number of hydrogen-bond acceptors (Lipinski definition) is 5. The Kier molecular flexibility index (Phi) is 6.35. The van der Waals surface area contributed by atoms with Gasteiger partial charge in [-0.3, -0.25) is 9.59 Å². The van der Waals surface area contributed by atoms with E-state index in [1.54, 1.807) is 36.1 Å². The summed E-state index contributed by atoms with van der Waals surface area (Å²) in [7, 11) is -3.71. The standard InChI is InChI=1S/C24H29N3O4S/c1-18-5-11-22(12-6-18)32(30,31)27-13-3-4-23(27)24(29)26-16-14-25(15-17-26)21-9-7-20(8-10-21)19(2)28/h5-12,23H,3-4,13-17H2,1-2H3/t23-/m0/s1. The highest BCUT2D eigenvalue weighted by molar-refractivity contribution is 7.89. The fourth-order valence-corrected chi connectivity index (χ4v) is 6.07. The molecule has 0 saturated carbocycles. The monoisotopic (exact) mass is 455 g/mol. The van der Waals surface area contributed by atoms with E-state index < -0.39 is 16.1 Å². The number of piperazine rings is 1. The molecule has 0 bridgehead atoms. The first kappa shape index (κ1) is 22.5. The lowest BCUT2D eigenvalue weighted by molar-refractivity contribution is -0.134. The number of amides is 1. The molecule has 0 unspecified atom stereocenters. The molecule has 1 atom stereocenters. The van der Waals surface area contributed by atoms with Crippen molar-refractivity contribution in [2.45, 2.75) is 37.6 Å². The minimum atomic E-state index is -3.71. The first-order valence-corrected chi connectivity index (χ1v) is 12.4. The molecule has 2 saturated heterocycles. The molecule has 170 valence electrons. The van der Waals surface area contributed by atoms with Crippen LogP contribution in [0.5, 0.6) is 0 Å². The minimum absolute atomic E-state index is 0.0358. The van der Waals surface area contributed by atoms with Gasteiger partial charge in [0.1, 0.15) is 6.04 Å². The maximum absolute atomic E-state index is 13.3. The predicted molar refractivity (Wildman–Crippen MR) is 123 cm³/mol. The third-order valence-electron chi connectivity index (χ3n) is 6.35. The highest BCUT2D eigenvalue weighted by atomic mass is 32.2. The van der Waals surface area contributed by atoms with Crippen LogP contribution in [-0.4, -0.2) is 68.1 Å². The maximum Gasteiger partial charge on any atom is 0.243 e.